The minimum absolute atomic E-state index is 0.223. The Hall–Kier alpha value is -3.19. The molecule has 3 aromatic heterocycles. The van der Waals surface area contributed by atoms with E-state index in [1.165, 1.54) is 34.1 Å². The number of nitrogens with zero attached hydrogens (tertiary/aromatic N) is 4. The average Bonchev–Trinajstić information content (AvgIpc) is 3.07. The van der Waals surface area contributed by atoms with Crippen molar-refractivity contribution in [3.8, 4) is 5.69 Å². The van der Waals surface area contributed by atoms with Crippen LogP contribution in [0.5, 0.6) is 0 Å². The first kappa shape index (κ1) is 17.2. The van der Waals surface area contributed by atoms with Gasteiger partial charge in [-0.15, -0.1) is 11.3 Å². The second-order valence-electron chi connectivity index (χ2n) is 6.04. The SMILES string of the molecule is Cc1csc(C=Cc2nc3ccc(F)cc3c(=O)n2-c2cccnc2C)n1. The van der Waals surface area contributed by atoms with Crippen LogP contribution >= 0.6 is 11.3 Å². The van der Waals surface area contributed by atoms with E-state index in [4.69, 9.17) is 0 Å². The summed E-state index contributed by atoms with van der Waals surface area (Å²) >= 11 is 1.51. The molecule has 3 heterocycles. The maximum absolute atomic E-state index is 13.7. The Morgan fingerprint density at radius 1 is 1.15 bits per heavy atom. The van der Waals surface area contributed by atoms with Gasteiger partial charge in [-0.3, -0.25) is 14.3 Å². The third-order valence-electron chi connectivity index (χ3n) is 4.09. The molecule has 5 nitrogen and oxygen atoms in total. The zero-order chi connectivity index (χ0) is 19.0. The Bertz CT molecular complexity index is 1240. The highest BCUT2D eigenvalue weighted by Crippen LogP contribution is 2.18. The molecule has 0 atom stereocenters. The fraction of sp³-hybridized carbons (Fsp3) is 0.100. The van der Waals surface area contributed by atoms with Gasteiger partial charge in [0.05, 0.1) is 22.3 Å². The lowest BCUT2D eigenvalue weighted by molar-refractivity contribution is 0.629. The number of hydrogen-bond acceptors (Lipinski definition) is 5. The highest BCUT2D eigenvalue weighted by molar-refractivity contribution is 7.10. The van der Waals surface area contributed by atoms with E-state index in [9.17, 15) is 9.18 Å². The van der Waals surface area contributed by atoms with E-state index >= 15 is 0 Å². The number of thiazole rings is 1. The lowest BCUT2D eigenvalue weighted by Crippen LogP contribution is -2.23. The van der Waals surface area contributed by atoms with E-state index in [0.29, 0.717) is 22.7 Å². The van der Waals surface area contributed by atoms with E-state index in [-0.39, 0.29) is 10.9 Å². The number of benzene rings is 1. The monoisotopic (exact) mass is 378 g/mol. The fourth-order valence-electron chi connectivity index (χ4n) is 2.83. The minimum Gasteiger partial charge on any atom is -0.268 e. The van der Waals surface area contributed by atoms with E-state index in [2.05, 4.69) is 15.0 Å². The fourth-order valence-corrected chi connectivity index (χ4v) is 3.51. The van der Waals surface area contributed by atoms with Crippen LogP contribution in [0.2, 0.25) is 0 Å². The number of aryl methyl sites for hydroxylation is 2. The third-order valence-corrected chi connectivity index (χ3v) is 5.02. The Balaban J connectivity index is 2.00. The van der Waals surface area contributed by atoms with Crippen molar-refractivity contribution in [2.24, 2.45) is 0 Å². The first-order valence-corrected chi connectivity index (χ1v) is 9.15. The second-order valence-corrected chi connectivity index (χ2v) is 6.93. The summed E-state index contributed by atoms with van der Waals surface area (Å²) in [5.41, 5.74) is 2.31. The molecular weight excluding hydrogens is 363 g/mol. The zero-order valence-corrected chi connectivity index (χ0v) is 15.5. The van der Waals surface area contributed by atoms with Crippen molar-refractivity contribution < 1.29 is 4.39 Å². The van der Waals surface area contributed by atoms with Gasteiger partial charge in [0.25, 0.3) is 5.56 Å². The molecule has 7 heteroatoms. The molecule has 0 spiro atoms. The smallest absolute Gasteiger partial charge is 0.266 e. The molecule has 0 aliphatic heterocycles. The normalized spacial score (nSPS) is 11.5. The number of rotatable bonds is 3. The molecule has 0 N–H and O–H groups in total. The summed E-state index contributed by atoms with van der Waals surface area (Å²) in [5.74, 6) is -0.0412. The summed E-state index contributed by atoms with van der Waals surface area (Å²) in [4.78, 5) is 26.4. The Morgan fingerprint density at radius 2 is 2.00 bits per heavy atom. The third kappa shape index (κ3) is 3.29. The standard InChI is InChI=1S/C20H15FN4OS/c1-12-11-27-19(23-12)8-7-18-24-16-6-5-14(21)10-15(16)20(26)25(18)17-4-3-9-22-13(17)2/h3-11H,1-2H3. The molecule has 0 aliphatic carbocycles. The Labute approximate surface area is 158 Å². The van der Waals surface area contributed by atoms with Gasteiger partial charge in [-0.1, -0.05) is 0 Å². The first-order valence-electron chi connectivity index (χ1n) is 8.27. The van der Waals surface area contributed by atoms with Gasteiger partial charge in [0, 0.05) is 17.3 Å². The number of fused-ring (bicyclic) bond motifs is 1. The van der Waals surface area contributed by atoms with Crippen LogP contribution in [0.15, 0.2) is 46.7 Å². The van der Waals surface area contributed by atoms with Gasteiger partial charge in [0.15, 0.2) is 0 Å². The van der Waals surface area contributed by atoms with E-state index < -0.39 is 5.82 Å². The van der Waals surface area contributed by atoms with Crippen LogP contribution in [0.3, 0.4) is 0 Å². The van der Waals surface area contributed by atoms with Gasteiger partial charge in [-0.25, -0.2) is 14.4 Å². The maximum Gasteiger partial charge on any atom is 0.266 e. The van der Waals surface area contributed by atoms with Crippen LogP contribution in [-0.4, -0.2) is 19.5 Å². The molecule has 0 unspecified atom stereocenters. The summed E-state index contributed by atoms with van der Waals surface area (Å²) in [6.07, 6.45) is 5.22. The minimum atomic E-state index is -0.475. The van der Waals surface area contributed by atoms with Gasteiger partial charge in [0.2, 0.25) is 0 Å². The maximum atomic E-state index is 13.7. The molecule has 4 rings (SSSR count). The lowest BCUT2D eigenvalue weighted by Gasteiger charge is -2.13. The molecule has 0 saturated carbocycles. The number of hydrogen-bond donors (Lipinski definition) is 0. The van der Waals surface area contributed by atoms with Crippen molar-refractivity contribution >= 4 is 34.4 Å². The van der Waals surface area contributed by atoms with Gasteiger partial charge in [-0.2, -0.15) is 0 Å². The van der Waals surface area contributed by atoms with Gasteiger partial charge in [-0.05, 0) is 56.3 Å². The molecule has 0 aliphatic rings. The van der Waals surface area contributed by atoms with Crippen LogP contribution in [-0.2, 0) is 0 Å². The van der Waals surface area contributed by atoms with Crippen LogP contribution in [0.1, 0.15) is 22.2 Å². The molecule has 0 amide bonds. The highest BCUT2D eigenvalue weighted by atomic mass is 32.1. The Kier molecular flexibility index (Phi) is 4.37. The molecule has 0 fully saturated rings. The van der Waals surface area contributed by atoms with E-state index in [1.807, 2.05) is 25.3 Å². The van der Waals surface area contributed by atoms with Gasteiger partial charge < -0.3 is 0 Å². The van der Waals surface area contributed by atoms with Crippen LogP contribution in [0, 0.1) is 19.7 Å². The van der Waals surface area contributed by atoms with Crippen molar-refractivity contribution in [2.75, 3.05) is 0 Å². The van der Waals surface area contributed by atoms with Crippen molar-refractivity contribution in [1.29, 1.82) is 0 Å². The predicted molar refractivity (Wildman–Crippen MR) is 106 cm³/mol. The summed E-state index contributed by atoms with van der Waals surface area (Å²) in [6.45, 7) is 3.74. The topological polar surface area (TPSA) is 60.7 Å². The first-order chi connectivity index (χ1) is 13.0. The quantitative estimate of drug-likeness (QED) is 0.537. The van der Waals surface area contributed by atoms with Crippen molar-refractivity contribution in [1.82, 2.24) is 19.5 Å². The second kappa shape index (κ2) is 6.85. The van der Waals surface area contributed by atoms with Crippen LogP contribution < -0.4 is 5.56 Å². The van der Waals surface area contributed by atoms with Gasteiger partial charge >= 0.3 is 0 Å². The van der Waals surface area contributed by atoms with Crippen molar-refractivity contribution in [3.63, 3.8) is 0 Å². The molecule has 1 aromatic carbocycles. The molecule has 27 heavy (non-hydrogen) atoms. The van der Waals surface area contributed by atoms with Crippen LogP contribution in [0.4, 0.5) is 4.39 Å². The summed E-state index contributed by atoms with van der Waals surface area (Å²) in [5, 5.41) is 2.99. The van der Waals surface area contributed by atoms with Gasteiger partial charge in [0.1, 0.15) is 16.6 Å². The molecule has 0 bridgehead atoms. The molecule has 0 radical (unpaired) electrons. The lowest BCUT2D eigenvalue weighted by atomic mass is 10.2. The van der Waals surface area contributed by atoms with Crippen molar-refractivity contribution in [2.45, 2.75) is 13.8 Å². The molecule has 4 aromatic rings. The molecular formula is C20H15FN4OS. The molecule has 0 saturated heterocycles. The summed E-state index contributed by atoms with van der Waals surface area (Å²) in [7, 11) is 0. The predicted octanol–water partition coefficient (Wildman–Crippen LogP) is 4.16. The number of halogens is 1. The van der Waals surface area contributed by atoms with E-state index in [1.54, 1.807) is 24.4 Å². The zero-order valence-electron chi connectivity index (χ0n) is 14.7. The van der Waals surface area contributed by atoms with Crippen LogP contribution in [0.25, 0.3) is 28.7 Å². The largest absolute Gasteiger partial charge is 0.268 e. The summed E-state index contributed by atoms with van der Waals surface area (Å²) in [6, 6.07) is 7.57. The summed E-state index contributed by atoms with van der Waals surface area (Å²) < 4.78 is 15.2. The number of aromatic nitrogens is 4. The average molecular weight is 378 g/mol. The highest BCUT2D eigenvalue weighted by Gasteiger charge is 2.14. The van der Waals surface area contributed by atoms with Crippen molar-refractivity contribution in [3.05, 3.63) is 80.3 Å². The van der Waals surface area contributed by atoms with E-state index in [0.717, 1.165) is 10.7 Å². The number of pyridine rings is 1. The Morgan fingerprint density at radius 3 is 2.74 bits per heavy atom. The molecule has 134 valence electrons.